The third kappa shape index (κ3) is 4.73. The van der Waals surface area contributed by atoms with E-state index in [1.807, 2.05) is 0 Å². The summed E-state index contributed by atoms with van der Waals surface area (Å²) in [6, 6.07) is 1.51. The smallest absolute Gasteiger partial charge is 0.328 e. The summed E-state index contributed by atoms with van der Waals surface area (Å²) in [5.74, 6) is -1.44. The maximum atomic E-state index is 11.9. The predicted octanol–water partition coefficient (Wildman–Crippen LogP) is 1.27. The first kappa shape index (κ1) is 13.8. The van der Waals surface area contributed by atoms with Crippen molar-refractivity contribution in [3.05, 3.63) is 35.7 Å². The van der Waals surface area contributed by atoms with Crippen molar-refractivity contribution < 1.29 is 19.1 Å². The number of pyridine rings is 1. The van der Waals surface area contributed by atoms with E-state index < -0.39 is 12.6 Å². The van der Waals surface area contributed by atoms with Crippen molar-refractivity contribution >= 4 is 18.0 Å². The Morgan fingerprint density at radius 1 is 1.44 bits per heavy atom. The quantitative estimate of drug-likeness (QED) is 0.590. The summed E-state index contributed by atoms with van der Waals surface area (Å²) < 4.78 is 11.9. The van der Waals surface area contributed by atoms with Crippen LogP contribution in [0.25, 0.3) is 6.08 Å². The predicted molar refractivity (Wildman–Crippen MR) is 63.8 cm³/mol. The largest absolute Gasteiger partial charge is 0.478 e. The van der Waals surface area contributed by atoms with Crippen LogP contribution in [-0.4, -0.2) is 35.2 Å². The number of halogens is 1. The van der Waals surface area contributed by atoms with Crippen molar-refractivity contribution in [3.8, 4) is 0 Å². The zero-order chi connectivity index (χ0) is 13.4. The van der Waals surface area contributed by atoms with Gasteiger partial charge in [0.15, 0.2) is 0 Å². The van der Waals surface area contributed by atoms with E-state index in [9.17, 15) is 14.0 Å². The second-order valence-electron chi connectivity index (χ2n) is 3.48. The van der Waals surface area contributed by atoms with E-state index in [0.717, 1.165) is 6.08 Å². The fourth-order valence-electron chi connectivity index (χ4n) is 1.21. The van der Waals surface area contributed by atoms with Gasteiger partial charge >= 0.3 is 5.97 Å². The topological polar surface area (TPSA) is 79.3 Å². The van der Waals surface area contributed by atoms with E-state index in [1.54, 1.807) is 0 Å². The van der Waals surface area contributed by atoms with Crippen molar-refractivity contribution in [3.63, 3.8) is 0 Å². The van der Waals surface area contributed by atoms with Crippen LogP contribution in [0.3, 0.4) is 0 Å². The number of aromatic nitrogens is 1. The molecular formula is C12H13FN2O3. The Labute approximate surface area is 103 Å². The molecule has 0 saturated carbocycles. The lowest BCUT2D eigenvalue weighted by atomic mass is 10.2. The van der Waals surface area contributed by atoms with Gasteiger partial charge in [-0.2, -0.15) is 0 Å². The van der Waals surface area contributed by atoms with E-state index in [2.05, 4.69) is 10.3 Å². The van der Waals surface area contributed by atoms with Crippen LogP contribution in [0.15, 0.2) is 24.5 Å². The van der Waals surface area contributed by atoms with Gasteiger partial charge < -0.3 is 10.4 Å². The summed E-state index contributed by atoms with van der Waals surface area (Å²) in [5.41, 5.74) is 0.817. The second kappa shape index (κ2) is 7.16. The Bertz CT molecular complexity index is 460. The molecular weight excluding hydrogens is 239 g/mol. The number of rotatable bonds is 6. The number of aliphatic carboxylic acids is 1. The van der Waals surface area contributed by atoms with Crippen LogP contribution in [-0.2, 0) is 4.79 Å². The minimum absolute atomic E-state index is 0.254. The molecule has 18 heavy (non-hydrogen) atoms. The Morgan fingerprint density at radius 2 is 2.22 bits per heavy atom. The molecule has 1 amide bonds. The van der Waals surface area contributed by atoms with Crippen molar-refractivity contribution in [2.45, 2.75) is 6.42 Å². The van der Waals surface area contributed by atoms with E-state index in [4.69, 9.17) is 5.11 Å². The van der Waals surface area contributed by atoms with E-state index in [-0.39, 0.29) is 18.9 Å². The minimum atomic E-state index is -1.08. The molecule has 1 rings (SSSR count). The van der Waals surface area contributed by atoms with Gasteiger partial charge in [0.1, 0.15) is 0 Å². The van der Waals surface area contributed by atoms with Gasteiger partial charge in [0.2, 0.25) is 0 Å². The molecule has 0 radical (unpaired) electrons. The van der Waals surface area contributed by atoms with Gasteiger partial charge in [0.05, 0.1) is 12.2 Å². The summed E-state index contributed by atoms with van der Waals surface area (Å²) >= 11 is 0. The highest BCUT2D eigenvalue weighted by molar-refractivity contribution is 5.94. The van der Waals surface area contributed by atoms with Crippen molar-refractivity contribution in [2.24, 2.45) is 0 Å². The van der Waals surface area contributed by atoms with Crippen LogP contribution in [0, 0.1) is 0 Å². The molecule has 0 saturated heterocycles. The summed E-state index contributed by atoms with van der Waals surface area (Å²) in [7, 11) is 0. The molecule has 1 aromatic rings. The number of nitrogens with one attached hydrogen (secondary N) is 1. The lowest BCUT2D eigenvalue weighted by Crippen LogP contribution is -2.24. The molecule has 0 aliphatic carbocycles. The molecule has 5 nitrogen and oxygen atoms in total. The van der Waals surface area contributed by atoms with Crippen molar-refractivity contribution in [2.75, 3.05) is 13.2 Å². The molecule has 2 N–H and O–H groups in total. The number of carboxylic acids is 1. The Balaban J connectivity index is 2.69. The molecule has 1 heterocycles. The first-order chi connectivity index (χ1) is 8.63. The normalized spacial score (nSPS) is 10.5. The molecule has 0 aromatic carbocycles. The van der Waals surface area contributed by atoms with Crippen molar-refractivity contribution in [1.82, 2.24) is 10.3 Å². The molecule has 0 bridgehead atoms. The standard InChI is InChI=1S/C12H13FN2O3/c13-4-1-5-15-12(18)10-6-9(7-14-8-10)2-3-11(16)17/h2-3,6-8H,1,4-5H2,(H,15,18)(H,16,17)/b3-2+. The Kier molecular flexibility index (Phi) is 5.50. The maximum absolute atomic E-state index is 11.9. The first-order valence-electron chi connectivity index (χ1n) is 5.33. The van der Waals surface area contributed by atoms with Gasteiger partial charge in [-0.3, -0.25) is 14.2 Å². The molecule has 0 atom stereocenters. The van der Waals surface area contributed by atoms with E-state index in [0.29, 0.717) is 11.1 Å². The Hall–Kier alpha value is -2.24. The van der Waals surface area contributed by atoms with Crippen LogP contribution in [0.4, 0.5) is 4.39 Å². The number of hydrogen-bond donors (Lipinski definition) is 2. The Morgan fingerprint density at radius 3 is 2.89 bits per heavy atom. The van der Waals surface area contributed by atoms with Gasteiger partial charge in [-0.05, 0) is 24.1 Å². The SMILES string of the molecule is O=C(O)/C=C/c1cncc(C(=O)NCCCF)c1. The highest BCUT2D eigenvalue weighted by Crippen LogP contribution is 2.05. The van der Waals surface area contributed by atoms with Gasteiger partial charge in [-0.1, -0.05) is 0 Å². The molecule has 96 valence electrons. The van der Waals surface area contributed by atoms with Crippen molar-refractivity contribution in [1.29, 1.82) is 0 Å². The average molecular weight is 252 g/mol. The number of carbonyl (C=O) groups excluding carboxylic acids is 1. The molecule has 1 aromatic heterocycles. The molecule has 0 aliphatic rings. The monoisotopic (exact) mass is 252 g/mol. The number of nitrogens with zero attached hydrogens (tertiary/aromatic N) is 1. The number of carbonyl (C=O) groups is 2. The summed E-state index contributed by atoms with van der Waals surface area (Å²) in [6.45, 7) is -0.232. The average Bonchev–Trinajstić information content (AvgIpc) is 2.37. The van der Waals surface area contributed by atoms with Crippen LogP contribution in [0.5, 0.6) is 0 Å². The fourth-order valence-corrected chi connectivity index (χ4v) is 1.21. The zero-order valence-electron chi connectivity index (χ0n) is 9.60. The number of hydrogen-bond acceptors (Lipinski definition) is 3. The second-order valence-corrected chi connectivity index (χ2v) is 3.48. The van der Waals surface area contributed by atoms with Gasteiger partial charge in [0, 0.05) is 25.0 Å². The molecule has 0 unspecified atom stereocenters. The lowest BCUT2D eigenvalue weighted by molar-refractivity contribution is -0.131. The summed E-state index contributed by atoms with van der Waals surface area (Å²) in [6.07, 6.45) is 5.37. The fraction of sp³-hybridized carbons (Fsp3) is 0.250. The number of carboxylic acid groups (broad SMARTS) is 1. The first-order valence-corrected chi connectivity index (χ1v) is 5.33. The van der Waals surface area contributed by atoms with Gasteiger partial charge in [0.25, 0.3) is 5.91 Å². The van der Waals surface area contributed by atoms with Crippen LogP contribution >= 0.6 is 0 Å². The third-order valence-electron chi connectivity index (χ3n) is 2.04. The number of amides is 1. The zero-order valence-corrected chi connectivity index (χ0v) is 9.60. The molecule has 6 heteroatoms. The summed E-state index contributed by atoms with van der Waals surface area (Å²) in [4.78, 5) is 25.8. The highest BCUT2D eigenvalue weighted by atomic mass is 19.1. The number of alkyl halides is 1. The van der Waals surface area contributed by atoms with Gasteiger partial charge in [-0.25, -0.2) is 4.79 Å². The molecule has 0 spiro atoms. The maximum Gasteiger partial charge on any atom is 0.328 e. The minimum Gasteiger partial charge on any atom is -0.478 e. The van der Waals surface area contributed by atoms with Crippen LogP contribution < -0.4 is 5.32 Å². The van der Waals surface area contributed by atoms with Crippen LogP contribution in [0.1, 0.15) is 22.3 Å². The third-order valence-corrected chi connectivity index (χ3v) is 2.04. The van der Waals surface area contributed by atoms with Crippen LogP contribution in [0.2, 0.25) is 0 Å². The lowest BCUT2D eigenvalue weighted by Gasteiger charge is -2.03. The molecule has 0 aliphatic heterocycles. The van der Waals surface area contributed by atoms with E-state index >= 15 is 0 Å². The van der Waals surface area contributed by atoms with E-state index in [1.165, 1.54) is 24.5 Å². The van der Waals surface area contributed by atoms with Gasteiger partial charge in [-0.15, -0.1) is 0 Å². The molecule has 0 fully saturated rings. The summed E-state index contributed by atoms with van der Waals surface area (Å²) in [5, 5.41) is 11.0. The highest BCUT2D eigenvalue weighted by Gasteiger charge is 2.05.